The lowest BCUT2D eigenvalue weighted by Gasteiger charge is -2.24. The summed E-state index contributed by atoms with van der Waals surface area (Å²) in [5, 5.41) is 4.50. The number of benzene rings is 2. The van der Waals surface area contributed by atoms with Crippen molar-refractivity contribution in [2.45, 2.75) is 79.8 Å². The Morgan fingerprint density at radius 1 is 0.607 bits per heavy atom. The molecule has 0 fully saturated rings. The maximum atomic E-state index is 6.14. The van der Waals surface area contributed by atoms with Crippen molar-refractivity contribution in [3.8, 4) is 0 Å². The number of hydrogen-bond donors (Lipinski definition) is 0. The molecule has 0 aliphatic carbocycles. The van der Waals surface area contributed by atoms with E-state index in [9.17, 15) is 0 Å². The Labute approximate surface area is 172 Å². The van der Waals surface area contributed by atoms with E-state index in [0.717, 1.165) is 21.4 Å². The molecule has 0 amide bonds. The number of fused-ring (bicyclic) bond motifs is 1. The van der Waals surface area contributed by atoms with Crippen LogP contribution >= 0.6 is 16.8 Å². The molecule has 0 N–H and O–H groups in total. The summed E-state index contributed by atoms with van der Waals surface area (Å²) in [5.41, 5.74) is 0. The first-order valence-electron chi connectivity index (χ1n) is 9.97. The molecule has 0 spiro atoms. The largest absolute Gasteiger partial charge is 0.328 e. The molecule has 2 rings (SSSR count). The molecule has 6 heteroatoms. The van der Waals surface area contributed by atoms with Gasteiger partial charge in [0.05, 0.1) is 24.4 Å². The van der Waals surface area contributed by atoms with E-state index < -0.39 is 16.8 Å². The monoisotopic (exact) mass is 424 g/mol. The Hall–Kier alpha value is -0.600. The summed E-state index contributed by atoms with van der Waals surface area (Å²) in [6.45, 7) is 16.3. The van der Waals surface area contributed by atoms with Crippen LogP contribution in [0.15, 0.2) is 36.4 Å². The molecule has 0 heterocycles. The maximum absolute atomic E-state index is 6.14. The molecular weight excluding hydrogens is 390 g/mol. The van der Waals surface area contributed by atoms with Crippen molar-refractivity contribution >= 4 is 38.1 Å². The first kappa shape index (κ1) is 23.7. The van der Waals surface area contributed by atoms with Crippen LogP contribution in [0.1, 0.15) is 55.4 Å². The molecule has 0 radical (unpaired) electrons. The lowest BCUT2D eigenvalue weighted by molar-refractivity contribution is 0.183. The fourth-order valence-electron chi connectivity index (χ4n) is 2.58. The minimum Gasteiger partial charge on any atom is -0.328 e. The molecule has 0 saturated heterocycles. The SMILES string of the molecule is CC(C)OP(OC(C)C)c1ccc2c(P(OC(C)C)OC(C)C)cccc2c1. The summed E-state index contributed by atoms with van der Waals surface area (Å²) in [6, 6.07) is 12.7. The molecular formula is C22H34O4P2. The molecule has 0 aromatic heterocycles. The van der Waals surface area contributed by atoms with Gasteiger partial charge in [-0.25, -0.2) is 0 Å². The lowest BCUT2D eigenvalue weighted by Crippen LogP contribution is -2.15. The average Bonchev–Trinajstić information content (AvgIpc) is 2.58. The van der Waals surface area contributed by atoms with E-state index in [0.29, 0.717) is 0 Å². The van der Waals surface area contributed by atoms with Crippen LogP contribution in [0, 0.1) is 0 Å². The molecule has 28 heavy (non-hydrogen) atoms. The topological polar surface area (TPSA) is 36.9 Å². The van der Waals surface area contributed by atoms with Crippen molar-refractivity contribution in [2.24, 2.45) is 0 Å². The highest BCUT2D eigenvalue weighted by molar-refractivity contribution is 7.56. The predicted octanol–water partition coefficient (Wildman–Crippen LogP) is 6.41. The van der Waals surface area contributed by atoms with Gasteiger partial charge >= 0.3 is 0 Å². The maximum Gasteiger partial charge on any atom is 0.206 e. The van der Waals surface area contributed by atoms with Gasteiger partial charge in [-0.15, -0.1) is 0 Å². The molecule has 2 aromatic carbocycles. The first-order chi connectivity index (χ1) is 13.2. The Balaban J connectivity index is 2.44. The van der Waals surface area contributed by atoms with Gasteiger partial charge in [0.2, 0.25) is 16.8 Å². The standard InChI is InChI=1S/C22H34O4P2/c1-15(2)23-27(24-16(3)4)20-12-13-21-19(14-20)10-9-11-22(21)28(25-17(5)6)26-18(7)8/h9-18H,1-8H3. The highest BCUT2D eigenvalue weighted by atomic mass is 31.2. The van der Waals surface area contributed by atoms with Crippen molar-refractivity contribution in [3.05, 3.63) is 36.4 Å². The van der Waals surface area contributed by atoms with Crippen molar-refractivity contribution in [3.63, 3.8) is 0 Å². The molecule has 0 saturated carbocycles. The molecule has 0 unspecified atom stereocenters. The Bertz CT molecular complexity index is 726. The van der Waals surface area contributed by atoms with Crippen LogP contribution in [0.4, 0.5) is 0 Å². The van der Waals surface area contributed by atoms with Crippen LogP contribution < -0.4 is 10.6 Å². The third-order valence-corrected chi connectivity index (χ3v) is 7.41. The van der Waals surface area contributed by atoms with Gasteiger partial charge in [-0.2, -0.15) is 0 Å². The number of rotatable bonds is 10. The number of hydrogen-bond acceptors (Lipinski definition) is 4. The van der Waals surface area contributed by atoms with Crippen molar-refractivity contribution in [1.29, 1.82) is 0 Å². The summed E-state index contributed by atoms with van der Waals surface area (Å²) in [7, 11) is -2.26. The summed E-state index contributed by atoms with van der Waals surface area (Å²) < 4.78 is 24.4. The van der Waals surface area contributed by atoms with Gasteiger partial charge in [-0.3, -0.25) is 0 Å². The van der Waals surface area contributed by atoms with E-state index in [1.807, 2.05) is 55.4 Å². The third kappa shape index (κ3) is 7.02. The highest BCUT2D eigenvalue weighted by Crippen LogP contribution is 2.44. The second-order valence-electron chi connectivity index (χ2n) is 7.81. The van der Waals surface area contributed by atoms with Gasteiger partial charge in [0.25, 0.3) is 0 Å². The molecule has 0 aliphatic heterocycles. The molecule has 156 valence electrons. The normalized spacial score (nSPS) is 12.6. The van der Waals surface area contributed by atoms with Gasteiger partial charge in [-0.1, -0.05) is 18.2 Å². The summed E-state index contributed by atoms with van der Waals surface area (Å²) in [4.78, 5) is 0. The third-order valence-electron chi connectivity index (χ3n) is 3.47. The van der Waals surface area contributed by atoms with E-state index in [1.54, 1.807) is 0 Å². The van der Waals surface area contributed by atoms with Crippen LogP contribution in [-0.4, -0.2) is 24.4 Å². The molecule has 0 aliphatic rings. The first-order valence-corrected chi connectivity index (χ1v) is 12.3. The molecule has 2 aromatic rings. The highest BCUT2D eigenvalue weighted by Gasteiger charge is 2.22. The fourth-order valence-corrected chi connectivity index (χ4v) is 5.73. The fraction of sp³-hybridized carbons (Fsp3) is 0.545. The van der Waals surface area contributed by atoms with Crippen molar-refractivity contribution in [1.82, 2.24) is 0 Å². The molecule has 4 nitrogen and oxygen atoms in total. The van der Waals surface area contributed by atoms with E-state index in [4.69, 9.17) is 18.1 Å². The summed E-state index contributed by atoms with van der Waals surface area (Å²) in [6.07, 6.45) is 0.425. The second kappa shape index (κ2) is 11.0. The van der Waals surface area contributed by atoms with Gasteiger partial charge in [0.1, 0.15) is 0 Å². The lowest BCUT2D eigenvalue weighted by atomic mass is 10.1. The van der Waals surface area contributed by atoms with Gasteiger partial charge in [0.15, 0.2) is 0 Å². The van der Waals surface area contributed by atoms with Crippen LogP contribution in [0.5, 0.6) is 0 Å². The molecule has 0 atom stereocenters. The van der Waals surface area contributed by atoms with E-state index in [1.165, 1.54) is 0 Å². The van der Waals surface area contributed by atoms with Crippen molar-refractivity contribution < 1.29 is 18.1 Å². The summed E-state index contributed by atoms with van der Waals surface area (Å²) in [5.74, 6) is 0. The molecule has 0 bridgehead atoms. The minimum atomic E-state index is -1.14. The van der Waals surface area contributed by atoms with E-state index in [2.05, 4.69) is 36.4 Å². The van der Waals surface area contributed by atoms with Crippen LogP contribution in [0.2, 0.25) is 0 Å². The van der Waals surface area contributed by atoms with E-state index >= 15 is 0 Å². The van der Waals surface area contributed by atoms with Crippen molar-refractivity contribution in [2.75, 3.05) is 0 Å². The van der Waals surface area contributed by atoms with Crippen LogP contribution in [0.25, 0.3) is 10.8 Å². The zero-order chi connectivity index (χ0) is 20.8. The predicted molar refractivity (Wildman–Crippen MR) is 122 cm³/mol. The quantitative estimate of drug-likeness (QED) is 0.413. The Kier molecular flexibility index (Phi) is 9.28. The second-order valence-corrected chi connectivity index (χ2v) is 10.7. The van der Waals surface area contributed by atoms with Gasteiger partial charge in [-0.05, 0) is 84.4 Å². The average molecular weight is 424 g/mol. The van der Waals surface area contributed by atoms with Gasteiger partial charge in [0, 0.05) is 10.6 Å². The van der Waals surface area contributed by atoms with Crippen LogP contribution in [-0.2, 0) is 18.1 Å². The van der Waals surface area contributed by atoms with Crippen LogP contribution in [0.3, 0.4) is 0 Å². The van der Waals surface area contributed by atoms with E-state index in [-0.39, 0.29) is 24.4 Å². The minimum absolute atomic E-state index is 0.103. The summed E-state index contributed by atoms with van der Waals surface area (Å²) >= 11 is 0. The van der Waals surface area contributed by atoms with Gasteiger partial charge < -0.3 is 18.1 Å². The smallest absolute Gasteiger partial charge is 0.206 e. The zero-order valence-electron chi connectivity index (χ0n) is 18.3. The Morgan fingerprint density at radius 2 is 1.11 bits per heavy atom. The zero-order valence-corrected chi connectivity index (χ0v) is 20.1. The Morgan fingerprint density at radius 3 is 1.61 bits per heavy atom.